The highest BCUT2D eigenvalue weighted by molar-refractivity contribution is 5.61. The maximum Gasteiger partial charge on any atom is 0.0421 e. The Balaban J connectivity index is 1.73. The van der Waals surface area contributed by atoms with Crippen molar-refractivity contribution in [2.75, 3.05) is 23.7 Å². The van der Waals surface area contributed by atoms with E-state index in [0.29, 0.717) is 0 Å². The first kappa shape index (κ1) is 12.0. The molecule has 2 N–H and O–H groups in total. The first-order valence-corrected chi connectivity index (χ1v) is 6.86. The normalized spacial score (nSPS) is 14.2. The lowest BCUT2D eigenvalue weighted by atomic mass is 10.0. The molecule has 0 spiro atoms. The van der Waals surface area contributed by atoms with Gasteiger partial charge in [-0.2, -0.15) is 0 Å². The number of hydrogen-bond acceptors (Lipinski definition) is 3. The summed E-state index contributed by atoms with van der Waals surface area (Å²) in [6.07, 6.45) is 5.20. The molecular formula is C16H19N3. The quantitative estimate of drug-likeness (QED) is 0.855. The fraction of sp³-hybridized carbons (Fsp3) is 0.312. The number of aryl methyl sites for hydroxylation is 1. The van der Waals surface area contributed by atoms with Gasteiger partial charge in [-0.1, -0.05) is 6.07 Å². The largest absolute Gasteiger partial charge is 0.399 e. The molecule has 3 rings (SSSR count). The van der Waals surface area contributed by atoms with Crippen LogP contribution in [0.2, 0.25) is 0 Å². The van der Waals surface area contributed by atoms with Crippen molar-refractivity contribution >= 4 is 11.4 Å². The van der Waals surface area contributed by atoms with Crippen LogP contribution in [-0.2, 0) is 12.8 Å². The van der Waals surface area contributed by atoms with Crippen LogP contribution in [0.5, 0.6) is 0 Å². The summed E-state index contributed by atoms with van der Waals surface area (Å²) >= 11 is 0. The van der Waals surface area contributed by atoms with E-state index in [2.05, 4.69) is 28.1 Å². The van der Waals surface area contributed by atoms with Crippen molar-refractivity contribution in [1.29, 1.82) is 0 Å². The topological polar surface area (TPSA) is 42.1 Å². The third-order valence-electron chi connectivity index (χ3n) is 3.68. The summed E-state index contributed by atoms with van der Waals surface area (Å²) in [7, 11) is 0. The van der Waals surface area contributed by atoms with E-state index >= 15 is 0 Å². The van der Waals surface area contributed by atoms with E-state index in [9.17, 15) is 0 Å². The lowest BCUT2D eigenvalue weighted by molar-refractivity contribution is 0.684. The molecule has 0 bridgehead atoms. The summed E-state index contributed by atoms with van der Waals surface area (Å²) in [5, 5.41) is 0. The van der Waals surface area contributed by atoms with Crippen molar-refractivity contribution in [3.8, 4) is 0 Å². The SMILES string of the molecule is Nc1ccc2c(c1)CCCN2CCc1ccccn1. The van der Waals surface area contributed by atoms with Crippen LogP contribution in [0.25, 0.3) is 0 Å². The molecule has 0 atom stereocenters. The number of nitrogen functional groups attached to an aromatic ring is 1. The number of pyridine rings is 1. The minimum Gasteiger partial charge on any atom is -0.399 e. The molecular weight excluding hydrogens is 234 g/mol. The lowest BCUT2D eigenvalue weighted by Gasteiger charge is -2.31. The van der Waals surface area contributed by atoms with E-state index in [0.717, 1.165) is 37.3 Å². The molecule has 3 heteroatoms. The van der Waals surface area contributed by atoms with Crippen LogP contribution in [0.15, 0.2) is 42.6 Å². The number of fused-ring (bicyclic) bond motifs is 1. The lowest BCUT2D eigenvalue weighted by Crippen LogP contribution is -2.31. The molecule has 1 aromatic heterocycles. The fourth-order valence-corrected chi connectivity index (χ4v) is 2.72. The molecule has 0 radical (unpaired) electrons. The second-order valence-electron chi connectivity index (χ2n) is 5.05. The van der Waals surface area contributed by atoms with E-state index in [1.165, 1.54) is 17.7 Å². The molecule has 1 aromatic carbocycles. The monoisotopic (exact) mass is 253 g/mol. The highest BCUT2D eigenvalue weighted by atomic mass is 15.1. The molecule has 0 saturated carbocycles. The van der Waals surface area contributed by atoms with Crippen LogP contribution >= 0.6 is 0 Å². The summed E-state index contributed by atoms with van der Waals surface area (Å²) in [6, 6.07) is 12.4. The van der Waals surface area contributed by atoms with Crippen LogP contribution < -0.4 is 10.6 Å². The van der Waals surface area contributed by atoms with Crippen LogP contribution in [0.1, 0.15) is 17.7 Å². The predicted molar refractivity (Wildman–Crippen MR) is 79.3 cm³/mol. The van der Waals surface area contributed by atoms with Gasteiger partial charge >= 0.3 is 0 Å². The summed E-state index contributed by atoms with van der Waals surface area (Å²) in [4.78, 5) is 6.84. The Hall–Kier alpha value is -2.03. The van der Waals surface area contributed by atoms with E-state index in [1.807, 2.05) is 24.4 Å². The van der Waals surface area contributed by atoms with E-state index in [-0.39, 0.29) is 0 Å². The third kappa shape index (κ3) is 2.70. The van der Waals surface area contributed by atoms with E-state index < -0.39 is 0 Å². The van der Waals surface area contributed by atoms with Gasteiger partial charge in [-0.3, -0.25) is 4.98 Å². The van der Waals surface area contributed by atoms with Crippen LogP contribution in [0, 0.1) is 0 Å². The van der Waals surface area contributed by atoms with Crippen molar-refractivity contribution in [1.82, 2.24) is 4.98 Å². The van der Waals surface area contributed by atoms with Gasteiger partial charge in [0.05, 0.1) is 0 Å². The van der Waals surface area contributed by atoms with E-state index in [4.69, 9.17) is 5.73 Å². The molecule has 2 heterocycles. The van der Waals surface area contributed by atoms with Gasteiger partial charge in [0.1, 0.15) is 0 Å². The molecule has 1 aliphatic rings. The Morgan fingerprint density at radius 2 is 2.16 bits per heavy atom. The fourth-order valence-electron chi connectivity index (χ4n) is 2.72. The zero-order valence-electron chi connectivity index (χ0n) is 11.0. The van der Waals surface area contributed by atoms with Gasteiger partial charge in [-0.25, -0.2) is 0 Å². The Morgan fingerprint density at radius 3 is 3.00 bits per heavy atom. The second-order valence-corrected chi connectivity index (χ2v) is 5.05. The first-order valence-electron chi connectivity index (χ1n) is 6.86. The molecule has 0 amide bonds. The predicted octanol–water partition coefficient (Wildman–Crippen LogP) is 2.66. The Labute approximate surface area is 114 Å². The second kappa shape index (κ2) is 5.31. The molecule has 2 aromatic rings. The van der Waals surface area contributed by atoms with Crippen molar-refractivity contribution in [2.45, 2.75) is 19.3 Å². The van der Waals surface area contributed by atoms with Gasteiger partial charge in [0.15, 0.2) is 0 Å². The third-order valence-corrected chi connectivity index (χ3v) is 3.68. The number of nitrogens with zero attached hydrogens (tertiary/aromatic N) is 2. The zero-order chi connectivity index (χ0) is 13.1. The number of benzene rings is 1. The average Bonchev–Trinajstić information content (AvgIpc) is 2.45. The number of hydrogen-bond donors (Lipinski definition) is 1. The van der Waals surface area contributed by atoms with Gasteiger partial charge in [0, 0.05) is 42.8 Å². The van der Waals surface area contributed by atoms with Crippen molar-refractivity contribution < 1.29 is 0 Å². The van der Waals surface area contributed by atoms with Gasteiger partial charge in [-0.15, -0.1) is 0 Å². The maximum absolute atomic E-state index is 5.86. The highest BCUT2D eigenvalue weighted by Gasteiger charge is 2.16. The summed E-state index contributed by atoms with van der Waals surface area (Å²) in [5.74, 6) is 0. The van der Waals surface area contributed by atoms with Crippen LogP contribution in [0.4, 0.5) is 11.4 Å². The van der Waals surface area contributed by atoms with Crippen LogP contribution in [0.3, 0.4) is 0 Å². The van der Waals surface area contributed by atoms with Crippen molar-refractivity contribution in [3.05, 3.63) is 53.9 Å². The summed E-state index contributed by atoms with van der Waals surface area (Å²) in [5.41, 5.74) is 10.6. The maximum atomic E-state index is 5.86. The van der Waals surface area contributed by atoms with Gasteiger partial charge in [-0.05, 0) is 48.7 Å². The van der Waals surface area contributed by atoms with Crippen molar-refractivity contribution in [2.24, 2.45) is 0 Å². The molecule has 3 nitrogen and oxygen atoms in total. The molecule has 1 aliphatic heterocycles. The summed E-state index contributed by atoms with van der Waals surface area (Å²) in [6.45, 7) is 2.15. The molecule has 0 aliphatic carbocycles. The standard InChI is InChI=1S/C16H19N3/c17-14-6-7-16-13(12-14)4-3-10-19(16)11-8-15-5-1-2-9-18-15/h1-2,5-7,9,12H,3-4,8,10-11,17H2. The first-order chi connectivity index (χ1) is 9.33. The molecule has 0 saturated heterocycles. The van der Waals surface area contributed by atoms with Crippen molar-refractivity contribution in [3.63, 3.8) is 0 Å². The number of aromatic nitrogens is 1. The van der Waals surface area contributed by atoms with Gasteiger partial charge < -0.3 is 10.6 Å². The number of nitrogens with two attached hydrogens (primary N) is 1. The Morgan fingerprint density at radius 1 is 1.21 bits per heavy atom. The Kier molecular flexibility index (Phi) is 3.36. The zero-order valence-corrected chi connectivity index (χ0v) is 11.0. The molecule has 0 unspecified atom stereocenters. The van der Waals surface area contributed by atoms with E-state index in [1.54, 1.807) is 0 Å². The Bertz CT molecular complexity index is 551. The molecule has 19 heavy (non-hydrogen) atoms. The average molecular weight is 253 g/mol. The molecule has 0 fully saturated rings. The number of rotatable bonds is 3. The molecule has 98 valence electrons. The summed E-state index contributed by atoms with van der Waals surface area (Å²) < 4.78 is 0. The minimum absolute atomic E-state index is 0.866. The van der Waals surface area contributed by atoms with Crippen LogP contribution in [-0.4, -0.2) is 18.1 Å². The van der Waals surface area contributed by atoms with Gasteiger partial charge in [0.2, 0.25) is 0 Å². The smallest absolute Gasteiger partial charge is 0.0421 e. The number of anilines is 2. The minimum atomic E-state index is 0.866. The highest BCUT2D eigenvalue weighted by Crippen LogP contribution is 2.28. The van der Waals surface area contributed by atoms with Gasteiger partial charge in [0.25, 0.3) is 0 Å².